The van der Waals surface area contributed by atoms with Crippen molar-refractivity contribution in [2.75, 3.05) is 5.32 Å². The van der Waals surface area contributed by atoms with Crippen molar-refractivity contribution in [2.24, 2.45) is 0 Å². The van der Waals surface area contributed by atoms with Crippen molar-refractivity contribution in [3.63, 3.8) is 0 Å². The van der Waals surface area contributed by atoms with E-state index >= 15 is 0 Å². The molecule has 0 aliphatic heterocycles. The lowest BCUT2D eigenvalue weighted by Crippen LogP contribution is -2.37. The van der Waals surface area contributed by atoms with Crippen LogP contribution in [0.1, 0.15) is 32.1 Å². The van der Waals surface area contributed by atoms with Crippen LogP contribution in [0.3, 0.4) is 0 Å². The van der Waals surface area contributed by atoms with Crippen LogP contribution in [0.25, 0.3) is 0 Å². The van der Waals surface area contributed by atoms with Gasteiger partial charge < -0.3 is 10.6 Å². The number of anilines is 1. The highest BCUT2D eigenvalue weighted by Crippen LogP contribution is 2.17. The van der Waals surface area contributed by atoms with Gasteiger partial charge in [0.1, 0.15) is 18.0 Å². The summed E-state index contributed by atoms with van der Waals surface area (Å²) in [6.45, 7) is 0. The largest absolute Gasteiger partial charge is 0.349 e. The zero-order valence-electron chi connectivity index (χ0n) is 10.5. The first kappa shape index (κ1) is 13.1. The molecule has 7 heteroatoms. The Morgan fingerprint density at radius 1 is 1.47 bits per heavy atom. The number of nitrogens with one attached hydrogen (secondary N) is 3. The molecule has 1 aliphatic carbocycles. The van der Waals surface area contributed by atoms with Crippen molar-refractivity contribution in [2.45, 2.75) is 38.1 Å². The molecule has 0 atom stereocenters. The van der Waals surface area contributed by atoms with Crippen LogP contribution < -0.4 is 10.6 Å². The third-order valence-corrected chi connectivity index (χ3v) is 3.07. The molecule has 1 aliphatic rings. The first-order chi connectivity index (χ1) is 9.29. The molecule has 19 heavy (non-hydrogen) atoms. The Morgan fingerprint density at radius 3 is 2.89 bits per heavy atom. The van der Waals surface area contributed by atoms with Crippen molar-refractivity contribution in [3.8, 4) is 6.07 Å². The normalized spacial score (nSPS) is 16.7. The molecule has 100 valence electrons. The lowest BCUT2D eigenvalue weighted by molar-refractivity contribution is -0.118. The van der Waals surface area contributed by atoms with Crippen LogP contribution in [0, 0.1) is 11.3 Å². The van der Waals surface area contributed by atoms with E-state index in [1.807, 2.05) is 6.07 Å². The van der Waals surface area contributed by atoms with Gasteiger partial charge >= 0.3 is 0 Å². The molecule has 7 nitrogen and oxygen atoms in total. The maximum Gasteiger partial charge on any atom is 0.263 e. The Kier molecular flexibility index (Phi) is 4.50. The first-order valence-electron chi connectivity index (χ1n) is 6.32. The maximum atomic E-state index is 11.9. The number of hydrogen-bond acceptors (Lipinski definition) is 5. The molecule has 0 spiro atoms. The first-order valence-corrected chi connectivity index (χ1v) is 6.32. The number of nitriles is 1. The van der Waals surface area contributed by atoms with E-state index in [2.05, 4.69) is 25.8 Å². The third-order valence-electron chi connectivity index (χ3n) is 3.07. The highest BCUT2D eigenvalue weighted by atomic mass is 16.1. The molecule has 3 N–H and O–H groups in total. The van der Waals surface area contributed by atoms with Gasteiger partial charge in [0, 0.05) is 12.2 Å². The van der Waals surface area contributed by atoms with Crippen molar-refractivity contribution >= 4 is 11.9 Å². The fourth-order valence-corrected chi connectivity index (χ4v) is 2.07. The Morgan fingerprint density at radius 2 is 2.26 bits per heavy atom. The Bertz CT molecular complexity index is 481. The van der Waals surface area contributed by atoms with E-state index < -0.39 is 0 Å². The maximum absolute atomic E-state index is 11.9. The van der Waals surface area contributed by atoms with Crippen molar-refractivity contribution < 1.29 is 4.79 Å². The predicted molar refractivity (Wildman–Crippen MR) is 68.7 cm³/mol. The second kappa shape index (κ2) is 6.54. The molecule has 1 heterocycles. The zero-order valence-corrected chi connectivity index (χ0v) is 10.5. The minimum absolute atomic E-state index is 0.0296. The monoisotopic (exact) mass is 260 g/mol. The predicted octanol–water partition coefficient (Wildman–Crippen LogP) is 1.07. The average molecular weight is 260 g/mol. The summed E-state index contributed by atoms with van der Waals surface area (Å²) in [4.78, 5) is 15.7. The van der Waals surface area contributed by atoms with Crippen LogP contribution in [-0.2, 0) is 4.79 Å². The van der Waals surface area contributed by atoms with Crippen LogP contribution in [0.5, 0.6) is 0 Å². The summed E-state index contributed by atoms with van der Waals surface area (Å²) in [5.74, 6) is 0.0413. The van der Waals surface area contributed by atoms with E-state index in [9.17, 15) is 4.79 Å². The average Bonchev–Trinajstić information content (AvgIpc) is 2.94. The highest BCUT2D eigenvalue weighted by molar-refractivity contribution is 5.97. The Labute approximate surface area is 111 Å². The fourth-order valence-electron chi connectivity index (χ4n) is 2.07. The van der Waals surface area contributed by atoms with E-state index in [-0.39, 0.29) is 17.5 Å². The highest BCUT2D eigenvalue weighted by Gasteiger charge is 2.17. The molecule has 0 unspecified atom stereocenters. The number of H-pyrrole nitrogens is 1. The molecule has 0 radical (unpaired) electrons. The second-order valence-electron chi connectivity index (χ2n) is 4.46. The van der Waals surface area contributed by atoms with Gasteiger partial charge in [0.15, 0.2) is 0 Å². The van der Waals surface area contributed by atoms with E-state index in [0.717, 1.165) is 25.7 Å². The number of amides is 1. The van der Waals surface area contributed by atoms with E-state index in [1.165, 1.54) is 18.9 Å². The minimum atomic E-state index is -0.346. The summed E-state index contributed by atoms with van der Waals surface area (Å²) in [5, 5.41) is 20.8. The van der Waals surface area contributed by atoms with Gasteiger partial charge in [-0.05, 0) is 12.8 Å². The molecule has 1 saturated carbocycles. The summed E-state index contributed by atoms with van der Waals surface area (Å²) in [7, 11) is 0. The van der Waals surface area contributed by atoms with Crippen molar-refractivity contribution in [3.05, 3.63) is 18.1 Å². The second-order valence-corrected chi connectivity index (χ2v) is 4.46. The van der Waals surface area contributed by atoms with Crippen LogP contribution in [0.2, 0.25) is 0 Å². The van der Waals surface area contributed by atoms with Gasteiger partial charge in [-0.25, -0.2) is 5.10 Å². The number of aromatic amines is 1. The zero-order chi connectivity index (χ0) is 13.5. The number of rotatable bonds is 4. The van der Waals surface area contributed by atoms with Crippen LogP contribution in [0.4, 0.5) is 5.95 Å². The van der Waals surface area contributed by atoms with Gasteiger partial charge in [-0.1, -0.05) is 19.3 Å². The lowest BCUT2D eigenvalue weighted by atomic mass is 9.95. The van der Waals surface area contributed by atoms with Gasteiger partial charge in [0.25, 0.3) is 5.91 Å². The van der Waals surface area contributed by atoms with Gasteiger partial charge in [-0.15, -0.1) is 0 Å². The SMILES string of the molecule is N#C/C(=C/Nc1ncn[nH]1)C(=O)NC1CCCCC1. The molecule has 0 aromatic carbocycles. The molecule has 0 saturated heterocycles. The minimum Gasteiger partial charge on any atom is -0.349 e. The van der Waals surface area contributed by atoms with E-state index in [1.54, 1.807) is 0 Å². The molecule has 1 fully saturated rings. The summed E-state index contributed by atoms with van der Waals surface area (Å²) < 4.78 is 0. The molecule has 1 aromatic rings. The van der Waals surface area contributed by atoms with Crippen molar-refractivity contribution in [1.82, 2.24) is 20.5 Å². The Balaban J connectivity index is 1.91. The standard InChI is InChI=1S/C12H16N6O/c13-6-9(7-14-12-15-8-16-18-12)11(19)17-10-4-2-1-3-5-10/h7-8,10H,1-5H2,(H,17,19)(H2,14,15,16,18)/b9-7-. The topological polar surface area (TPSA) is 106 Å². The molecule has 2 rings (SSSR count). The summed E-state index contributed by atoms with van der Waals surface area (Å²) >= 11 is 0. The third kappa shape index (κ3) is 3.81. The number of aromatic nitrogens is 3. The van der Waals surface area contributed by atoms with E-state index in [4.69, 9.17) is 5.26 Å². The van der Waals surface area contributed by atoms with Crippen LogP contribution in [-0.4, -0.2) is 27.1 Å². The summed E-state index contributed by atoms with van der Waals surface area (Å²) in [6, 6.07) is 2.06. The van der Waals surface area contributed by atoms with E-state index in [0.29, 0.717) is 5.95 Å². The molecule has 0 bridgehead atoms. The van der Waals surface area contributed by atoms with Crippen LogP contribution in [0.15, 0.2) is 18.1 Å². The van der Waals surface area contributed by atoms with Crippen molar-refractivity contribution in [1.29, 1.82) is 5.26 Å². The number of carbonyl (C=O) groups excluding carboxylic acids is 1. The number of nitrogens with zero attached hydrogens (tertiary/aromatic N) is 3. The van der Waals surface area contributed by atoms with Gasteiger partial charge in [0.2, 0.25) is 5.95 Å². The molecular formula is C12H16N6O. The Hall–Kier alpha value is -2.36. The summed E-state index contributed by atoms with van der Waals surface area (Å²) in [5.41, 5.74) is 0.0296. The number of hydrogen-bond donors (Lipinski definition) is 3. The van der Waals surface area contributed by atoms with Gasteiger partial charge in [-0.2, -0.15) is 15.3 Å². The molecule has 1 amide bonds. The van der Waals surface area contributed by atoms with Crippen LogP contribution >= 0.6 is 0 Å². The quantitative estimate of drug-likeness (QED) is 0.554. The molecular weight excluding hydrogens is 244 g/mol. The molecule has 1 aromatic heterocycles. The van der Waals surface area contributed by atoms with Gasteiger partial charge in [-0.3, -0.25) is 4.79 Å². The lowest BCUT2D eigenvalue weighted by Gasteiger charge is -2.22. The smallest absolute Gasteiger partial charge is 0.263 e. The van der Waals surface area contributed by atoms with Gasteiger partial charge in [0.05, 0.1) is 0 Å². The summed E-state index contributed by atoms with van der Waals surface area (Å²) in [6.07, 6.45) is 8.13. The fraction of sp³-hybridized carbons (Fsp3) is 0.500. The number of carbonyl (C=O) groups is 1.